The molecule has 2 rings (SSSR count). The highest BCUT2D eigenvalue weighted by Gasteiger charge is 2.22. The zero-order chi connectivity index (χ0) is 10.8. The fourth-order valence-electron chi connectivity index (χ4n) is 1.04. The van der Waals surface area contributed by atoms with Gasteiger partial charge in [0.15, 0.2) is 6.20 Å². The normalized spacial score (nSPS) is 16.8. The molecule has 0 saturated heterocycles. The molecule has 2 heterocycles. The standard InChI is InChI=1S/C9H5NO5/c11-7-3-4-8(12)15-9-6(14-7)2-1-5-10(9)13/h1-5H/b4-3+. The molecule has 1 aliphatic rings. The lowest BCUT2D eigenvalue weighted by atomic mass is 10.4. The number of rotatable bonds is 0. The fraction of sp³-hybridized carbons (Fsp3) is 0. The molecule has 6 heteroatoms. The zero-order valence-corrected chi connectivity index (χ0v) is 7.38. The van der Waals surface area contributed by atoms with Gasteiger partial charge in [-0.25, -0.2) is 9.59 Å². The predicted molar refractivity (Wildman–Crippen MR) is 45.8 cm³/mol. The summed E-state index contributed by atoms with van der Waals surface area (Å²) in [6.07, 6.45) is 2.94. The summed E-state index contributed by atoms with van der Waals surface area (Å²) in [5.41, 5.74) is 0. The van der Waals surface area contributed by atoms with E-state index in [1.54, 1.807) is 0 Å². The summed E-state index contributed by atoms with van der Waals surface area (Å²) in [6, 6.07) is 2.73. The molecule has 0 fully saturated rings. The quantitative estimate of drug-likeness (QED) is 0.331. The molecular formula is C9H5NO5. The number of hydrogen-bond donors (Lipinski definition) is 0. The molecule has 0 saturated carbocycles. The van der Waals surface area contributed by atoms with Gasteiger partial charge in [-0.1, -0.05) is 0 Å². The highest BCUT2D eigenvalue weighted by atomic mass is 16.6. The Morgan fingerprint density at radius 1 is 1.13 bits per heavy atom. The minimum atomic E-state index is -0.802. The van der Waals surface area contributed by atoms with Crippen LogP contribution in [0.25, 0.3) is 0 Å². The Labute approximate surface area is 83.9 Å². The third kappa shape index (κ3) is 1.78. The summed E-state index contributed by atoms with van der Waals surface area (Å²) in [6.45, 7) is 0. The Bertz CT molecular complexity index is 466. The summed E-state index contributed by atoms with van der Waals surface area (Å²) < 4.78 is 9.71. The SMILES string of the molecule is O=C1/C=C/C(=O)Oc2c(ccc[n+]2[O-])O1. The molecule has 0 atom stereocenters. The monoisotopic (exact) mass is 207 g/mol. The fourth-order valence-corrected chi connectivity index (χ4v) is 1.04. The van der Waals surface area contributed by atoms with Crippen LogP contribution >= 0.6 is 0 Å². The van der Waals surface area contributed by atoms with E-state index in [9.17, 15) is 14.8 Å². The Morgan fingerprint density at radius 2 is 1.80 bits per heavy atom. The van der Waals surface area contributed by atoms with E-state index in [0.717, 1.165) is 18.3 Å². The van der Waals surface area contributed by atoms with Crippen LogP contribution in [0.2, 0.25) is 0 Å². The molecule has 0 spiro atoms. The van der Waals surface area contributed by atoms with Crippen molar-refractivity contribution < 1.29 is 23.8 Å². The minimum Gasteiger partial charge on any atom is -0.616 e. The van der Waals surface area contributed by atoms with Crippen molar-refractivity contribution in [3.8, 4) is 11.6 Å². The first-order valence-corrected chi connectivity index (χ1v) is 4.01. The van der Waals surface area contributed by atoms with Gasteiger partial charge in [-0.2, -0.15) is 0 Å². The van der Waals surface area contributed by atoms with Gasteiger partial charge in [-0.05, 0) is 6.07 Å². The summed E-state index contributed by atoms with van der Waals surface area (Å²) in [7, 11) is 0. The highest BCUT2D eigenvalue weighted by Crippen LogP contribution is 2.23. The third-order valence-corrected chi connectivity index (χ3v) is 1.64. The van der Waals surface area contributed by atoms with Gasteiger partial charge in [-0.3, -0.25) is 0 Å². The number of aromatic nitrogens is 1. The van der Waals surface area contributed by atoms with E-state index in [0.29, 0.717) is 4.73 Å². The number of pyridine rings is 1. The van der Waals surface area contributed by atoms with Crippen molar-refractivity contribution in [1.29, 1.82) is 0 Å². The van der Waals surface area contributed by atoms with Gasteiger partial charge < -0.3 is 14.7 Å². The van der Waals surface area contributed by atoms with Crippen LogP contribution < -0.4 is 14.2 Å². The average molecular weight is 207 g/mol. The predicted octanol–water partition coefficient (Wildman–Crippen LogP) is -0.299. The van der Waals surface area contributed by atoms with E-state index < -0.39 is 11.9 Å². The number of carbonyl (C=O) groups excluding carboxylic acids is 2. The maximum absolute atomic E-state index is 11.2. The van der Waals surface area contributed by atoms with Crippen molar-refractivity contribution in [2.75, 3.05) is 0 Å². The van der Waals surface area contributed by atoms with E-state index in [1.165, 1.54) is 12.1 Å². The largest absolute Gasteiger partial charge is 0.616 e. The molecule has 1 aliphatic heterocycles. The summed E-state index contributed by atoms with van der Waals surface area (Å²) >= 11 is 0. The van der Waals surface area contributed by atoms with Crippen molar-refractivity contribution in [2.45, 2.75) is 0 Å². The Morgan fingerprint density at radius 3 is 2.53 bits per heavy atom. The molecule has 1 aromatic heterocycles. The van der Waals surface area contributed by atoms with Crippen LogP contribution in [0.3, 0.4) is 0 Å². The third-order valence-electron chi connectivity index (χ3n) is 1.64. The van der Waals surface area contributed by atoms with E-state index in [4.69, 9.17) is 4.74 Å². The van der Waals surface area contributed by atoms with E-state index in [2.05, 4.69) is 4.74 Å². The van der Waals surface area contributed by atoms with Gasteiger partial charge in [0, 0.05) is 18.2 Å². The van der Waals surface area contributed by atoms with Crippen LogP contribution in [0.1, 0.15) is 0 Å². The van der Waals surface area contributed by atoms with Crippen molar-refractivity contribution in [3.05, 3.63) is 35.7 Å². The highest BCUT2D eigenvalue weighted by molar-refractivity contribution is 5.94. The molecule has 1 aromatic rings. The lowest BCUT2D eigenvalue weighted by molar-refractivity contribution is -0.611. The first-order chi connectivity index (χ1) is 7.16. The molecular weight excluding hydrogens is 202 g/mol. The molecule has 0 N–H and O–H groups in total. The Balaban J connectivity index is 2.51. The average Bonchev–Trinajstić information content (AvgIpc) is 2.18. The molecule has 0 radical (unpaired) electrons. The van der Waals surface area contributed by atoms with Gasteiger partial charge in [0.2, 0.25) is 5.75 Å². The summed E-state index contributed by atoms with van der Waals surface area (Å²) in [4.78, 5) is 22.1. The molecule has 0 amide bonds. The van der Waals surface area contributed by atoms with Gasteiger partial charge in [0.1, 0.15) is 0 Å². The number of esters is 2. The van der Waals surface area contributed by atoms with Crippen LogP contribution in [0.15, 0.2) is 30.5 Å². The lowest BCUT2D eigenvalue weighted by Gasteiger charge is -2.09. The topological polar surface area (TPSA) is 79.5 Å². The van der Waals surface area contributed by atoms with E-state index in [1.807, 2.05) is 0 Å². The second-order valence-corrected chi connectivity index (χ2v) is 2.68. The molecule has 0 bridgehead atoms. The smallest absolute Gasteiger partial charge is 0.431 e. The van der Waals surface area contributed by atoms with Crippen LogP contribution in [0.4, 0.5) is 0 Å². The van der Waals surface area contributed by atoms with Gasteiger partial charge in [0.25, 0.3) is 0 Å². The van der Waals surface area contributed by atoms with Gasteiger partial charge in [-0.15, -0.1) is 4.73 Å². The van der Waals surface area contributed by atoms with Crippen molar-refractivity contribution in [1.82, 2.24) is 0 Å². The van der Waals surface area contributed by atoms with Gasteiger partial charge in [0.05, 0.1) is 0 Å². The maximum atomic E-state index is 11.2. The summed E-state index contributed by atoms with van der Waals surface area (Å²) in [5.74, 6) is -1.97. The Hall–Kier alpha value is -2.37. The van der Waals surface area contributed by atoms with Crippen molar-refractivity contribution in [3.63, 3.8) is 0 Å². The van der Waals surface area contributed by atoms with Crippen LogP contribution in [0, 0.1) is 5.21 Å². The van der Waals surface area contributed by atoms with Crippen molar-refractivity contribution >= 4 is 11.9 Å². The number of hydrogen-bond acceptors (Lipinski definition) is 5. The molecule has 15 heavy (non-hydrogen) atoms. The summed E-state index contributed by atoms with van der Waals surface area (Å²) in [5, 5.41) is 11.2. The molecule has 6 nitrogen and oxygen atoms in total. The van der Waals surface area contributed by atoms with Crippen LogP contribution in [-0.2, 0) is 9.59 Å². The molecule has 0 aliphatic carbocycles. The molecule has 76 valence electrons. The second-order valence-electron chi connectivity index (χ2n) is 2.68. The Kier molecular flexibility index (Phi) is 2.09. The minimum absolute atomic E-state index is 0.0878. The van der Waals surface area contributed by atoms with Gasteiger partial charge >= 0.3 is 17.8 Å². The molecule has 0 unspecified atom stereocenters. The van der Waals surface area contributed by atoms with Crippen LogP contribution in [0.5, 0.6) is 11.6 Å². The first kappa shape index (κ1) is 9.20. The lowest BCUT2D eigenvalue weighted by Crippen LogP contribution is -2.31. The van der Waals surface area contributed by atoms with E-state index >= 15 is 0 Å². The number of ether oxygens (including phenoxy) is 2. The number of carbonyl (C=O) groups is 2. The zero-order valence-electron chi connectivity index (χ0n) is 7.38. The maximum Gasteiger partial charge on any atom is 0.431 e. The number of nitrogens with zero attached hydrogens (tertiary/aromatic N) is 1. The van der Waals surface area contributed by atoms with Crippen LogP contribution in [-0.4, -0.2) is 11.9 Å². The molecule has 0 aromatic carbocycles. The number of fused-ring (bicyclic) bond motifs is 1. The first-order valence-electron chi connectivity index (χ1n) is 4.01. The second kappa shape index (κ2) is 3.41. The van der Waals surface area contributed by atoms with Crippen molar-refractivity contribution in [2.24, 2.45) is 0 Å². The van der Waals surface area contributed by atoms with E-state index in [-0.39, 0.29) is 11.6 Å².